The van der Waals surface area contributed by atoms with Gasteiger partial charge in [-0.1, -0.05) is 12.2 Å². The lowest BCUT2D eigenvalue weighted by atomic mass is 9.75. The van der Waals surface area contributed by atoms with Gasteiger partial charge >= 0.3 is 5.97 Å². The van der Waals surface area contributed by atoms with Crippen LogP contribution in [0.4, 0.5) is 0 Å². The molecular weight excluding hydrogens is 278 g/mol. The lowest BCUT2D eigenvalue weighted by molar-refractivity contribution is -0.293. The molecule has 2 fully saturated rings. The Hall–Kier alpha value is -0.870. The number of hydrogen-bond acceptors (Lipinski definition) is 3. The Morgan fingerprint density at radius 2 is 1.77 bits per heavy atom. The van der Waals surface area contributed by atoms with Crippen molar-refractivity contribution < 1.29 is 14.7 Å². The van der Waals surface area contributed by atoms with Crippen molar-refractivity contribution >= 4 is 5.97 Å². The van der Waals surface area contributed by atoms with E-state index in [1.54, 1.807) is 0 Å². The van der Waals surface area contributed by atoms with Crippen LogP contribution in [-0.4, -0.2) is 28.7 Å². The SMILES string of the molecule is CC1(C)CC(C(=O)OC[C@H]2C[C@@H]3C=C[C@H]2C3)CC(C)(C)N1[O]. The van der Waals surface area contributed by atoms with Crippen molar-refractivity contribution in [2.24, 2.45) is 23.7 Å². The van der Waals surface area contributed by atoms with Crippen LogP contribution in [0.2, 0.25) is 0 Å². The summed E-state index contributed by atoms with van der Waals surface area (Å²) in [4.78, 5) is 12.5. The Bertz CT molecular complexity index is 465. The van der Waals surface area contributed by atoms with E-state index in [9.17, 15) is 10.0 Å². The van der Waals surface area contributed by atoms with Gasteiger partial charge in [-0.25, -0.2) is 0 Å². The number of ether oxygens (including phenoxy) is 1. The van der Waals surface area contributed by atoms with E-state index in [1.807, 2.05) is 27.7 Å². The lowest BCUT2D eigenvalue weighted by Crippen LogP contribution is -2.59. The predicted octanol–water partition coefficient (Wildman–Crippen LogP) is 3.36. The van der Waals surface area contributed by atoms with E-state index in [1.165, 1.54) is 6.42 Å². The molecule has 1 heterocycles. The molecular formula is C18H28NO3. The van der Waals surface area contributed by atoms with Gasteiger partial charge in [0, 0.05) is 11.1 Å². The zero-order chi connectivity index (χ0) is 16.1. The zero-order valence-electron chi connectivity index (χ0n) is 14.2. The number of hydrogen-bond donors (Lipinski definition) is 0. The first-order valence-electron chi connectivity index (χ1n) is 8.51. The quantitative estimate of drug-likeness (QED) is 0.593. The third-order valence-electron chi connectivity index (χ3n) is 5.78. The first-order valence-corrected chi connectivity index (χ1v) is 8.51. The van der Waals surface area contributed by atoms with Crippen LogP contribution < -0.4 is 0 Å². The highest BCUT2D eigenvalue weighted by molar-refractivity contribution is 5.73. The van der Waals surface area contributed by atoms with Gasteiger partial charge in [0.05, 0.1) is 12.5 Å². The molecule has 1 aliphatic heterocycles. The summed E-state index contributed by atoms with van der Waals surface area (Å²) in [5, 5.41) is 13.5. The average Bonchev–Trinajstić information content (AvgIpc) is 3.03. The molecule has 0 N–H and O–H groups in total. The first-order chi connectivity index (χ1) is 10.2. The molecule has 0 amide bonds. The largest absolute Gasteiger partial charge is 0.465 e. The molecule has 123 valence electrons. The van der Waals surface area contributed by atoms with Gasteiger partial charge in [-0.3, -0.25) is 4.79 Å². The maximum atomic E-state index is 12.5. The Morgan fingerprint density at radius 3 is 2.27 bits per heavy atom. The van der Waals surface area contributed by atoms with Gasteiger partial charge in [-0.15, -0.1) is 10.3 Å². The van der Waals surface area contributed by atoms with Crippen molar-refractivity contribution in [3.05, 3.63) is 12.2 Å². The van der Waals surface area contributed by atoms with E-state index < -0.39 is 11.1 Å². The van der Waals surface area contributed by atoms with E-state index in [-0.39, 0.29) is 11.9 Å². The van der Waals surface area contributed by atoms with Crippen molar-refractivity contribution in [3.8, 4) is 0 Å². The number of allylic oxidation sites excluding steroid dienone is 2. The van der Waals surface area contributed by atoms with Crippen LogP contribution in [0, 0.1) is 23.7 Å². The summed E-state index contributed by atoms with van der Waals surface area (Å²) >= 11 is 0. The van der Waals surface area contributed by atoms with Crippen LogP contribution in [-0.2, 0) is 14.7 Å². The number of carbonyl (C=O) groups excluding carboxylic acids is 1. The van der Waals surface area contributed by atoms with Crippen LogP contribution in [0.25, 0.3) is 0 Å². The molecule has 0 unspecified atom stereocenters. The van der Waals surface area contributed by atoms with Crippen LogP contribution in [0.15, 0.2) is 12.2 Å². The predicted molar refractivity (Wildman–Crippen MR) is 83.2 cm³/mol. The number of rotatable bonds is 3. The fourth-order valence-electron chi connectivity index (χ4n) is 4.82. The molecule has 1 saturated heterocycles. The monoisotopic (exact) mass is 306 g/mol. The van der Waals surface area contributed by atoms with Crippen molar-refractivity contribution in [2.75, 3.05) is 6.61 Å². The van der Waals surface area contributed by atoms with Crippen LogP contribution >= 0.6 is 0 Å². The maximum Gasteiger partial charge on any atom is 0.309 e. The second-order valence-corrected chi connectivity index (χ2v) is 8.69. The highest BCUT2D eigenvalue weighted by Gasteiger charge is 2.48. The Morgan fingerprint density at radius 1 is 1.14 bits per heavy atom. The molecule has 3 aliphatic rings. The molecule has 0 aromatic heterocycles. The van der Waals surface area contributed by atoms with Gasteiger partial charge in [0.1, 0.15) is 0 Å². The number of hydroxylamine groups is 2. The summed E-state index contributed by atoms with van der Waals surface area (Å²) in [5.41, 5.74) is -1.03. The number of esters is 1. The summed E-state index contributed by atoms with van der Waals surface area (Å²) in [5.74, 6) is 1.54. The summed E-state index contributed by atoms with van der Waals surface area (Å²) in [7, 11) is 0. The van der Waals surface area contributed by atoms with Crippen LogP contribution in [0.1, 0.15) is 53.4 Å². The summed E-state index contributed by atoms with van der Waals surface area (Å²) < 4.78 is 5.65. The van der Waals surface area contributed by atoms with Gasteiger partial charge in [0.15, 0.2) is 0 Å². The van der Waals surface area contributed by atoms with E-state index in [4.69, 9.17) is 4.74 Å². The number of piperidine rings is 1. The minimum Gasteiger partial charge on any atom is -0.465 e. The van der Waals surface area contributed by atoms with E-state index in [0.717, 1.165) is 11.5 Å². The van der Waals surface area contributed by atoms with Crippen molar-refractivity contribution in [3.63, 3.8) is 0 Å². The molecule has 22 heavy (non-hydrogen) atoms. The zero-order valence-corrected chi connectivity index (χ0v) is 14.2. The second kappa shape index (κ2) is 5.34. The molecule has 2 aliphatic carbocycles. The van der Waals surface area contributed by atoms with Gasteiger partial charge < -0.3 is 4.74 Å². The summed E-state index contributed by atoms with van der Waals surface area (Å²) in [6.45, 7) is 8.22. The fourth-order valence-corrected chi connectivity index (χ4v) is 4.82. The summed E-state index contributed by atoms with van der Waals surface area (Å²) in [6, 6.07) is 0. The Labute approximate surface area is 133 Å². The average molecular weight is 306 g/mol. The highest BCUT2D eigenvalue weighted by Crippen LogP contribution is 2.44. The van der Waals surface area contributed by atoms with Gasteiger partial charge in [0.2, 0.25) is 0 Å². The minimum absolute atomic E-state index is 0.110. The Balaban J connectivity index is 1.57. The van der Waals surface area contributed by atoms with E-state index >= 15 is 0 Å². The number of nitrogens with zero attached hydrogens (tertiary/aromatic N) is 1. The van der Waals surface area contributed by atoms with Crippen LogP contribution in [0.5, 0.6) is 0 Å². The minimum atomic E-state index is -0.513. The van der Waals surface area contributed by atoms with Crippen molar-refractivity contribution in [1.29, 1.82) is 0 Å². The van der Waals surface area contributed by atoms with Crippen LogP contribution in [0.3, 0.4) is 0 Å². The van der Waals surface area contributed by atoms with E-state index in [0.29, 0.717) is 37.2 Å². The third-order valence-corrected chi connectivity index (χ3v) is 5.78. The standard InChI is InChI=1S/C18H28NO3/c1-17(2)9-15(10-18(3,4)19(17)21)16(20)22-11-14-8-12-5-6-13(14)7-12/h5-6,12-15H,7-11H2,1-4H3/t12-,13+,14-/m1/s1. The third kappa shape index (κ3) is 2.83. The molecule has 0 aromatic rings. The lowest BCUT2D eigenvalue weighted by Gasteiger charge is -2.49. The van der Waals surface area contributed by atoms with E-state index in [2.05, 4.69) is 12.2 Å². The number of carbonyl (C=O) groups is 1. The van der Waals surface area contributed by atoms with Crippen molar-refractivity contribution in [1.82, 2.24) is 5.06 Å². The topological polar surface area (TPSA) is 49.4 Å². The summed E-state index contributed by atoms with van der Waals surface area (Å²) in [6.07, 6.45) is 8.14. The fraction of sp³-hybridized carbons (Fsp3) is 0.833. The molecule has 1 saturated carbocycles. The molecule has 2 bridgehead atoms. The molecule has 4 nitrogen and oxygen atoms in total. The second-order valence-electron chi connectivity index (χ2n) is 8.69. The molecule has 0 aromatic carbocycles. The molecule has 4 heteroatoms. The van der Waals surface area contributed by atoms with Gasteiger partial charge in [-0.05, 0) is 71.1 Å². The molecule has 3 rings (SSSR count). The normalized spacial score (nSPS) is 36.7. The van der Waals surface area contributed by atoms with Crippen molar-refractivity contribution in [2.45, 2.75) is 64.5 Å². The first kappa shape index (κ1) is 16.0. The Kier molecular flexibility index (Phi) is 3.89. The van der Waals surface area contributed by atoms with Gasteiger partial charge in [0.25, 0.3) is 0 Å². The molecule has 1 radical (unpaired) electrons. The van der Waals surface area contributed by atoms with Gasteiger partial charge in [-0.2, -0.15) is 0 Å². The number of fused-ring (bicyclic) bond motifs is 2. The highest BCUT2D eigenvalue weighted by atomic mass is 16.5. The maximum absolute atomic E-state index is 12.5. The smallest absolute Gasteiger partial charge is 0.309 e. The molecule has 0 spiro atoms. The molecule has 3 atom stereocenters.